The minimum atomic E-state index is 0.391. The van der Waals surface area contributed by atoms with Gasteiger partial charge in [0.25, 0.3) is 0 Å². The molecule has 5 rings (SSSR count). The molecule has 0 bridgehead atoms. The van der Waals surface area contributed by atoms with Crippen LogP contribution in [-0.2, 0) is 12.8 Å². The molecule has 32 heavy (non-hydrogen) atoms. The fourth-order valence-electron chi connectivity index (χ4n) is 3.15. The molecule has 0 saturated carbocycles. The maximum Gasteiger partial charge on any atom is 0.171 e. The number of halogens is 4. The van der Waals surface area contributed by atoms with Gasteiger partial charge in [0.15, 0.2) is 23.0 Å². The summed E-state index contributed by atoms with van der Waals surface area (Å²) in [6.07, 6.45) is 2.26. The van der Waals surface area contributed by atoms with Gasteiger partial charge in [-0.05, 0) is 24.0 Å². The van der Waals surface area contributed by atoms with E-state index < -0.39 is 0 Å². The molecule has 0 saturated heterocycles. The van der Waals surface area contributed by atoms with Gasteiger partial charge in [0.05, 0.1) is 20.1 Å². The number of fused-ring (bicyclic) bond motifs is 2. The fourth-order valence-corrected chi connectivity index (χ4v) is 3.77. The molecule has 4 aromatic rings. The van der Waals surface area contributed by atoms with Gasteiger partial charge in [-0.3, -0.25) is 0 Å². The highest BCUT2D eigenvalue weighted by Crippen LogP contribution is 2.49. The van der Waals surface area contributed by atoms with Crippen LogP contribution in [0.5, 0.6) is 23.0 Å². The van der Waals surface area contributed by atoms with Crippen molar-refractivity contribution in [3.05, 3.63) is 116 Å². The Hall–Kier alpha value is -2.36. The topological polar surface area (TPSA) is 18.5 Å². The van der Waals surface area contributed by atoms with Crippen molar-refractivity contribution in [1.29, 1.82) is 0 Å². The Morgan fingerprint density at radius 1 is 0.438 bits per heavy atom. The van der Waals surface area contributed by atoms with Gasteiger partial charge >= 0.3 is 0 Å². The summed E-state index contributed by atoms with van der Waals surface area (Å²) in [5.74, 6) is 1.93. The zero-order valence-corrected chi connectivity index (χ0v) is 19.8. The lowest BCUT2D eigenvalue weighted by Crippen LogP contribution is -1.99. The van der Waals surface area contributed by atoms with Crippen molar-refractivity contribution in [3.8, 4) is 23.0 Å². The van der Waals surface area contributed by atoms with Crippen molar-refractivity contribution in [2.24, 2.45) is 0 Å². The van der Waals surface area contributed by atoms with E-state index in [1.165, 1.54) is 11.1 Å². The Balaban J connectivity index is 0.000000158. The van der Waals surface area contributed by atoms with E-state index in [4.69, 9.17) is 55.9 Å². The Bertz CT molecular complexity index is 1060. The van der Waals surface area contributed by atoms with Gasteiger partial charge in [-0.1, -0.05) is 107 Å². The summed E-state index contributed by atoms with van der Waals surface area (Å²) in [6.45, 7) is 0. The number of rotatable bonds is 3. The molecule has 162 valence electrons. The number of hydrogen-bond donors (Lipinski definition) is 0. The Morgan fingerprint density at radius 3 is 1.00 bits per heavy atom. The fraction of sp³-hybridized carbons (Fsp3) is 0.0769. The average molecular weight is 504 g/mol. The summed E-state index contributed by atoms with van der Waals surface area (Å²) in [6, 6.07) is 27.6. The van der Waals surface area contributed by atoms with Crippen molar-refractivity contribution in [3.63, 3.8) is 0 Å². The van der Waals surface area contributed by atoms with E-state index in [0.29, 0.717) is 43.1 Å². The summed E-state index contributed by atoms with van der Waals surface area (Å²) in [5, 5.41) is 1.56. The van der Waals surface area contributed by atoms with E-state index in [2.05, 4.69) is 60.7 Å². The van der Waals surface area contributed by atoms with Gasteiger partial charge in [0, 0.05) is 24.3 Å². The normalized spacial score (nSPS) is 11.2. The number of ether oxygens (including phenoxy) is 2. The molecule has 0 amide bonds. The predicted molar refractivity (Wildman–Crippen MR) is 133 cm³/mol. The summed E-state index contributed by atoms with van der Waals surface area (Å²) in [7, 11) is 0. The highest BCUT2D eigenvalue weighted by molar-refractivity contribution is 6.42. The molecule has 2 nitrogen and oxygen atoms in total. The molecule has 1 aliphatic heterocycles. The standard InChI is InChI=1S/C14H14.C12H4Cl4O2/c1-3-7-13(8-4-1)11-12-14-9-5-2-6-10-14;13-5-1-9-10(2-6(5)14)18-12-4-8(16)7(15)3-11(12)17-9/h1-10H,11-12H2;1-4H. The van der Waals surface area contributed by atoms with Crippen LogP contribution >= 0.6 is 46.4 Å². The smallest absolute Gasteiger partial charge is 0.171 e. The van der Waals surface area contributed by atoms with Gasteiger partial charge in [0.1, 0.15) is 0 Å². The third kappa shape index (κ3) is 5.70. The Labute approximate surface area is 207 Å². The molecule has 0 atom stereocenters. The average Bonchev–Trinajstić information content (AvgIpc) is 2.80. The second-order valence-corrected chi connectivity index (χ2v) is 8.73. The summed E-state index contributed by atoms with van der Waals surface area (Å²) < 4.78 is 11.3. The first kappa shape index (κ1) is 22.8. The lowest BCUT2D eigenvalue weighted by atomic mass is 10.0. The minimum Gasteiger partial charge on any atom is -0.449 e. The van der Waals surface area contributed by atoms with Crippen molar-refractivity contribution in [1.82, 2.24) is 0 Å². The van der Waals surface area contributed by atoms with Crippen LogP contribution in [0.3, 0.4) is 0 Å². The van der Waals surface area contributed by atoms with E-state index >= 15 is 0 Å². The summed E-state index contributed by atoms with van der Waals surface area (Å²) in [4.78, 5) is 0. The second-order valence-electron chi connectivity index (χ2n) is 7.10. The molecule has 0 aromatic heterocycles. The molecule has 6 heteroatoms. The molecule has 0 radical (unpaired) electrons. The number of hydrogen-bond acceptors (Lipinski definition) is 2. The van der Waals surface area contributed by atoms with Crippen LogP contribution in [0.1, 0.15) is 11.1 Å². The van der Waals surface area contributed by atoms with Gasteiger partial charge in [0.2, 0.25) is 0 Å². The third-order valence-corrected chi connectivity index (χ3v) is 6.25. The largest absolute Gasteiger partial charge is 0.449 e. The van der Waals surface area contributed by atoms with Gasteiger partial charge in [-0.2, -0.15) is 0 Å². The first-order valence-corrected chi connectivity index (χ1v) is 11.4. The van der Waals surface area contributed by atoms with E-state index in [9.17, 15) is 0 Å². The highest BCUT2D eigenvalue weighted by atomic mass is 35.5. The summed E-state index contributed by atoms with van der Waals surface area (Å²) >= 11 is 23.7. The van der Waals surface area contributed by atoms with Gasteiger partial charge in [-0.25, -0.2) is 0 Å². The van der Waals surface area contributed by atoms with Crippen LogP contribution in [-0.4, -0.2) is 0 Å². The maximum absolute atomic E-state index is 5.91. The molecule has 1 aliphatic rings. The maximum atomic E-state index is 5.91. The zero-order chi connectivity index (χ0) is 22.5. The van der Waals surface area contributed by atoms with Crippen LogP contribution in [0.25, 0.3) is 0 Å². The van der Waals surface area contributed by atoms with E-state index in [1.807, 2.05) is 0 Å². The van der Waals surface area contributed by atoms with Crippen molar-refractivity contribution >= 4 is 46.4 Å². The molecular weight excluding hydrogens is 486 g/mol. The molecule has 4 aromatic carbocycles. The van der Waals surface area contributed by atoms with Gasteiger partial charge < -0.3 is 9.47 Å². The van der Waals surface area contributed by atoms with Crippen LogP contribution in [0.15, 0.2) is 84.9 Å². The lowest BCUT2D eigenvalue weighted by molar-refractivity contribution is 0.359. The van der Waals surface area contributed by atoms with Crippen LogP contribution < -0.4 is 9.47 Å². The Morgan fingerprint density at radius 2 is 0.719 bits per heavy atom. The Kier molecular flexibility index (Phi) is 7.49. The van der Waals surface area contributed by atoms with Crippen molar-refractivity contribution in [2.45, 2.75) is 12.8 Å². The summed E-state index contributed by atoms with van der Waals surface area (Å²) in [5.41, 5.74) is 2.83. The molecule has 0 fully saturated rings. The molecule has 1 heterocycles. The molecular formula is C26H18Cl4O2. The molecule has 0 spiro atoms. The monoisotopic (exact) mass is 502 g/mol. The minimum absolute atomic E-state index is 0.391. The van der Waals surface area contributed by atoms with E-state index in [-0.39, 0.29) is 0 Å². The molecule has 0 unspecified atom stereocenters. The first-order chi connectivity index (χ1) is 15.5. The first-order valence-electron chi connectivity index (χ1n) is 9.91. The molecule has 0 aliphatic carbocycles. The predicted octanol–water partition coefficient (Wildman–Crippen LogP) is 9.67. The number of benzene rings is 4. The van der Waals surface area contributed by atoms with Crippen molar-refractivity contribution < 1.29 is 9.47 Å². The molecule has 0 N–H and O–H groups in total. The van der Waals surface area contributed by atoms with Gasteiger partial charge in [-0.15, -0.1) is 0 Å². The van der Waals surface area contributed by atoms with E-state index in [0.717, 1.165) is 12.8 Å². The number of aryl methyl sites for hydroxylation is 2. The lowest BCUT2D eigenvalue weighted by Gasteiger charge is -2.21. The quantitative estimate of drug-likeness (QED) is 0.244. The zero-order valence-electron chi connectivity index (χ0n) is 16.8. The SMILES string of the molecule is Clc1cc2c(cc1Cl)Oc1cc(Cl)c(Cl)cc1O2.c1ccc(CCc2ccccc2)cc1. The van der Waals surface area contributed by atoms with Crippen LogP contribution in [0, 0.1) is 0 Å². The van der Waals surface area contributed by atoms with Crippen LogP contribution in [0.4, 0.5) is 0 Å². The third-order valence-electron chi connectivity index (χ3n) is 4.80. The van der Waals surface area contributed by atoms with E-state index in [1.54, 1.807) is 24.3 Å². The van der Waals surface area contributed by atoms with Crippen LogP contribution in [0.2, 0.25) is 20.1 Å². The van der Waals surface area contributed by atoms with Crippen molar-refractivity contribution in [2.75, 3.05) is 0 Å². The second kappa shape index (κ2) is 10.5. The highest BCUT2D eigenvalue weighted by Gasteiger charge is 2.22.